The van der Waals surface area contributed by atoms with Crippen molar-refractivity contribution in [3.63, 3.8) is 0 Å². The van der Waals surface area contributed by atoms with Gasteiger partial charge < -0.3 is 5.32 Å². The van der Waals surface area contributed by atoms with Crippen LogP contribution in [0.25, 0.3) is 0 Å². The van der Waals surface area contributed by atoms with Crippen molar-refractivity contribution in [3.8, 4) is 0 Å². The normalized spacial score (nSPS) is 19.9. The van der Waals surface area contributed by atoms with Crippen LogP contribution in [0.3, 0.4) is 0 Å². The molecule has 28 heavy (non-hydrogen) atoms. The summed E-state index contributed by atoms with van der Waals surface area (Å²) >= 11 is 5.18. The number of thiocarbonyl (C=S) groups is 1. The quantitative estimate of drug-likeness (QED) is 0.767. The van der Waals surface area contributed by atoms with Gasteiger partial charge in [-0.15, -0.1) is 0 Å². The number of allylic oxidation sites excluding steroid dienone is 3. The number of carbonyl (C=O) groups is 3. The van der Waals surface area contributed by atoms with Gasteiger partial charge in [-0.25, -0.2) is 0 Å². The molecule has 1 heterocycles. The second-order valence-corrected chi connectivity index (χ2v) is 6.86. The number of aromatic nitrogens is 1. The van der Waals surface area contributed by atoms with Crippen molar-refractivity contribution < 1.29 is 14.4 Å². The highest BCUT2D eigenvalue weighted by molar-refractivity contribution is 7.80. The van der Waals surface area contributed by atoms with Crippen molar-refractivity contribution in [1.82, 2.24) is 15.6 Å². The molecule has 138 valence electrons. The first kappa shape index (κ1) is 17.9. The standard InChI is InChI=1S/C21H15N3O3S/c25-18-14-5-1-2-6-15(14)19(26)17-10-13(7-8-16(17)18)23-21(28)24-20(27)12-4-3-9-22-11-12/h1-11,16-17H,(H2,23,24,27,28)/t16-,17+/m1/s1. The number of ketones is 2. The summed E-state index contributed by atoms with van der Waals surface area (Å²) in [4.78, 5) is 41.5. The van der Waals surface area contributed by atoms with Gasteiger partial charge in [0, 0.05) is 29.2 Å². The van der Waals surface area contributed by atoms with Crippen LogP contribution in [0.2, 0.25) is 0 Å². The predicted molar refractivity (Wildman–Crippen MR) is 107 cm³/mol. The Kier molecular flexibility index (Phi) is 4.67. The molecular formula is C21H15N3O3S. The molecule has 2 aliphatic carbocycles. The monoisotopic (exact) mass is 389 g/mol. The molecule has 0 radical (unpaired) electrons. The van der Waals surface area contributed by atoms with Crippen LogP contribution in [-0.4, -0.2) is 27.6 Å². The van der Waals surface area contributed by atoms with Gasteiger partial charge in [0.05, 0.1) is 17.4 Å². The van der Waals surface area contributed by atoms with Crippen LogP contribution in [0.4, 0.5) is 0 Å². The van der Waals surface area contributed by atoms with Crippen LogP contribution in [-0.2, 0) is 0 Å². The number of pyridine rings is 1. The van der Waals surface area contributed by atoms with E-state index < -0.39 is 11.8 Å². The summed E-state index contributed by atoms with van der Waals surface area (Å²) in [5, 5.41) is 5.56. The zero-order valence-electron chi connectivity index (χ0n) is 14.6. The van der Waals surface area contributed by atoms with E-state index in [-0.39, 0.29) is 22.6 Å². The van der Waals surface area contributed by atoms with E-state index in [9.17, 15) is 14.4 Å². The van der Waals surface area contributed by atoms with Gasteiger partial charge >= 0.3 is 0 Å². The molecule has 0 saturated heterocycles. The Morgan fingerprint density at radius 3 is 2.39 bits per heavy atom. The van der Waals surface area contributed by atoms with Crippen LogP contribution in [0.15, 0.2) is 72.7 Å². The molecule has 1 aromatic carbocycles. The van der Waals surface area contributed by atoms with Crippen molar-refractivity contribution in [2.24, 2.45) is 11.8 Å². The molecule has 0 bridgehead atoms. The fourth-order valence-electron chi connectivity index (χ4n) is 3.36. The lowest BCUT2D eigenvalue weighted by Crippen LogP contribution is -2.41. The van der Waals surface area contributed by atoms with E-state index in [1.165, 1.54) is 6.20 Å². The molecule has 1 aromatic heterocycles. The van der Waals surface area contributed by atoms with Gasteiger partial charge in [0.2, 0.25) is 0 Å². The number of amides is 1. The predicted octanol–water partition coefficient (Wildman–Crippen LogP) is 2.45. The lowest BCUT2D eigenvalue weighted by Gasteiger charge is -2.29. The second kappa shape index (κ2) is 7.28. The van der Waals surface area contributed by atoms with Crippen LogP contribution in [0, 0.1) is 11.8 Å². The number of Topliss-reactive ketones (excluding diaryl/α,β-unsaturated/α-hetero) is 2. The molecular weight excluding hydrogens is 374 g/mol. The number of carbonyl (C=O) groups excluding carboxylic acids is 3. The van der Waals surface area contributed by atoms with Gasteiger partial charge in [-0.1, -0.05) is 30.3 Å². The zero-order valence-corrected chi connectivity index (χ0v) is 15.4. The summed E-state index contributed by atoms with van der Waals surface area (Å²) in [6.45, 7) is 0. The summed E-state index contributed by atoms with van der Waals surface area (Å²) in [6.07, 6.45) is 8.09. The van der Waals surface area contributed by atoms with E-state index in [2.05, 4.69) is 15.6 Å². The number of fused-ring (bicyclic) bond motifs is 2. The van der Waals surface area contributed by atoms with Gasteiger partial charge in [0.15, 0.2) is 16.7 Å². The Labute approximate surface area is 166 Å². The molecule has 7 heteroatoms. The van der Waals surface area contributed by atoms with Gasteiger partial charge in [-0.05, 0) is 36.5 Å². The molecule has 4 rings (SSSR count). The molecule has 2 aliphatic rings. The fraction of sp³-hybridized carbons (Fsp3) is 0.0952. The van der Waals surface area contributed by atoms with Crippen LogP contribution >= 0.6 is 12.2 Å². The first-order valence-electron chi connectivity index (χ1n) is 8.64. The lowest BCUT2D eigenvalue weighted by atomic mass is 9.72. The SMILES string of the molecule is O=C(NC(=S)NC1=C[C@@H]2C(=O)c3ccccc3C(=O)[C@@H]2C=C1)c1cccnc1. The number of benzene rings is 1. The molecule has 6 nitrogen and oxygen atoms in total. The maximum atomic E-state index is 12.8. The number of hydrogen-bond acceptors (Lipinski definition) is 5. The van der Waals surface area contributed by atoms with Crippen LogP contribution < -0.4 is 10.6 Å². The number of nitrogens with zero attached hydrogens (tertiary/aromatic N) is 1. The largest absolute Gasteiger partial charge is 0.333 e. The van der Waals surface area contributed by atoms with Crippen molar-refractivity contribution in [1.29, 1.82) is 0 Å². The van der Waals surface area contributed by atoms with Gasteiger partial charge in [-0.3, -0.25) is 24.7 Å². The van der Waals surface area contributed by atoms with E-state index in [1.807, 2.05) is 0 Å². The molecule has 0 fully saturated rings. The smallest absolute Gasteiger partial charge is 0.258 e. The highest BCUT2D eigenvalue weighted by atomic mass is 32.1. The first-order chi connectivity index (χ1) is 13.5. The van der Waals surface area contributed by atoms with E-state index in [4.69, 9.17) is 12.2 Å². The zero-order chi connectivity index (χ0) is 19.7. The van der Waals surface area contributed by atoms with Crippen molar-refractivity contribution in [3.05, 3.63) is 89.4 Å². The minimum absolute atomic E-state index is 0.0702. The van der Waals surface area contributed by atoms with Crippen LogP contribution in [0.5, 0.6) is 0 Å². The van der Waals surface area contributed by atoms with Crippen molar-refractivity contribution in [2.45, 2.75) is 0 Å². The highest BCUT2D eigenvalue weighted by Gasteiger charge is 2.40. The minimum Gasteiger partial charge on any atom is -0.333 e. The molecule has 0 unspecified atom stereocenters. The van der Waals surface area contributed by atoms with Gasteiger partial charge in [-0.2, -0.15) is 0 Å². The summed E-state index contributed by atoms with van der Waals surface area (Å²) in [5.74, 6) is -1.67. The number of rotatable bonds is 2. The summed E-state index contributed by atoms with van der Waals surface area (Å²) in [7, 11) is 0. The molecule has 0 spiro atoms. The molecule has 1 amide bonds. The molecule has 0 aliphatic heterocycles. The van der Waals surface area contributed by atoms with E-state index in [1.54, 1.807) is 60.8 Å². The number of hydrogen-bond donors (Lipinski definition) is 2. The third-order valence-electron chi connectivity index (χ3n) is 4.70. The molecule has 0 saturated carbocycles. The maximum Gasteiger partial charge on any atom is 0.258 e. The Morgan fingerprint density at radius 1 is 1.00 bits per heavy atom. The second-order valence-electron chi connectivity index (χ2n) is 6.46. The average Bonchev–Trinajstić information content (AvgIpc) is 2.72. The topological polar surface area (TPSA) is 88.2 Å². The van der Waals surface area contributed by atoms with Gasteiger partial charge in [0.25, 0.3) is 5.91 Å². The van der Waals surface area contributed by atoms with Gasteiger partial charge in [0.1, 0.15) is 0 Å². The van der Waals surface area contributed by atoms with E-state index >= 15 is 0 Å². The Bertz CT molecular complexity index is 1060. The summed E-state index contributed by atoms with van der Waals surface area (Å²) < 4.78 is 0. The van der Waals surface area contributed by atoms with Crippen molar-refractivity contribution >= 4 is 34.8 Å². The lowest BCUT2D eigenvalue weighted by molar-refractivity contribution is 0.0800. The Hall–Kier alpha value is -3.45. The third-order valence-corrected chi connectivity index (χ3v) is 4.91. The Balaban J connectivity index is 1.49. The molecule has 2 aromatic rings. The maximum absolute atomic E-state index is 12.8. The Morgan fingerprint density at radius 2 is 1.71 bits per heavy atom. The minimum atomic E-state index is -0.591. The van der Waals surface area contributed by atoms with E-state index in [0.29, 0.717) is 22.4 Å². The third kappa shape index (κ3) is 3.27. The van der Waals surface area contributed by atoms with Crippen LogP contribution in [0.1, 0.15) is 31.1 Å². The molecule has 2 atom stereocenters. The summed E-state index contributed by atoms with van der Waals surface area (Å²) in [5.41, 5.74) is 1.83. The fourth-order valence-corrected chi connectivity index (χ4v) is 3.57. The highest BCUT2D eigenvalue weighted by Crippen LogP contribution is 2.34. The van der Waals surface area contributed by atoms with E-state index in [0.717, 1.165) is 0 Å². The number of nitrogens with one attached hydrogen (secondary N) is 2. The molecule has 2 N–H and O–H groups in total. The van der Waals surface area contributed by atoms with Crippen molar-refractivity contribution in [2.75, 3.05) is 0 Å². The first-order valence-corrected chi connectivity index (χ1v) is 9.05. The summed E-state index contributed by atoms with van der Waals surface area (Å²) in [6, 6.07) is 10.1. The average molecular weight is 389 g/mol.